The Kier molecular flexibility index (Phi) is 9.98. The van der Waals surface area contributed by atoms with E-state index in [0.29, 0.717) is 24.3 Å². The molecule has 0 aliphatic carbocycles. The highest BCUT2D eigenvalue weighted by Gasteiger charge is 2.25. The van der Waals surface area contributed by atoms with E-state index in [1.165, 1.54) is 33.6 Å². The predicted octanol–water partition coefficient (Wildman–Crippen LogP) is 5.30. The average molecular weight is 551 g/mol. The second-order valence-electron chi connectivity index (χ2n) is 9.17. The van der Waals surface area contributed by atoms with E-state index >= 15 is 0 Å². The number of nitrogens with zero attached hydrogens (tertiary/aromatic N) is 6. The summed E-state index contributed by atoms with van der Waals surface area (Å²) in [4.78, 5) is 13.5. The molecule has 1 aromatic heterocycles. The van der Waals surface area contributed by atoms with Crippen LogP contribution in [-0.2, 0) is 10.0 Å². The average Bonchev–Trinajstić information content (AvgIpc) is 2.92. The van der Waals surface area contributed by atoms with Crippen molar-refractivity contribution in [2.75, 3.05) is 32.2 Å². The van der Waals surface area contributed by atoms with Crippen LogP contribution < -0.4 is 10.6 Å². The summed E-state index contributed by atoms with van der Waals surface area (Å²) in [7, 11) is -0.569. The minimum Gasteiger partial charge on any atom is -0.492 e. The number of benzene rings is 2. The van der Waals surface area contributed by atoms with Gasteiger partial charge >= 0.3 is 5.56 Å². The fourth-order valence-electron chi connectivity index (χ4n) is 4.06. The summed E-state index contributed by atoms with van der Waals surface area (Å²) in [5.41, 5.74) is 0.0753. The summed E-state index contributed by atoms with van der Waals surface area (Å²) in [5, 5.41) is 30.3. The summed E-state index contributed by atoms with van der Waals surface area (Å²) in [5.74, 6) is -0.504. The van der Waals surface area contributed by atoms with Crippen LogP contribution in [0.25, 0.3) is 11.1 Å². The molecule has 0 atom stereocenters. The van der Waals surface area contributed by atoms with Crippen molar-refractivity contribution in [1.82, 2.24) is 8.98 Å². The third-order valence-electron chi connectivity index (χ3n) is 6.14. The number of hydrogen-bond donors (Lipinski definition) is 1. The zero-order valence-electron chi connectivity index (χ0n) is 22.7. The second-order valence-corrected chi connectivity index (χ2v) is 11.1. The lowest BCUT2D eigenvalue weighted by Crippen LogP contribution is -2.36. The number of azo groups is 1. The van der Waals surface area contributed by atoms with E-state index in [-0.39, 0.29) is 21.7 Å². The fraction of sp³-hybridized carbons (Fsp3) is 0.357. The highest BCUT2D eigenvalue weighted by Crippen LogP contribution is 2.36. The molecule has 206 valence electrons. The van der Waals surface area contributed by atoms with Gasteiger partial charge in [-0.25, -0.2) is 8.42 Å². The first-order valence-electron chi connectivity index (χ1n) is 12.8. The third-order valence-corrected chi connectivity index (χ3v) is 8.06. The molecule has 0 bridgehead atoms. The van der Waals surface area contributed by atoms with Crippen LogP contribution in [-0.4, -0.2) is 49.7 Å². The maximum atomic E-state index is 13.4. The van der Waals surface area contributed by atoms with Gasteiger partial charge in [-0.3, -0.25) is 4.79 Å². The van der Waals surface area contributed by atoms with Gasteiger partial charge in [-0.1, -0.05) is 57.0 Å². The SMILES string of the molecule is CCCCN(CCCC)S(=O)(=O)c1ccc(N=Nc2c(-c3ccccc3)c(C#N)c(O)n(N(C)C)c2=O)cc1. The van der Waals surface area contributed by atoms with Crippen LogP contribution >= 0.6 is 0 Å². The van der Waals surface area contributed by atoms with E-state index in [9.17, 15) is 23.6 Å². The van der Waals surface area contributed by atoms with Gasteiger partial charge in [0.05, 0.1) is 10.6 Å². The van der Waals surface area contributed by atoms with E-state index in [2.05, 4.69) is 10.2 Å². The van der Waals surface area contributed by atoms with Crippen molar-refractivity contribution in [2.45, 2.75) is 44.4 Å². The third kappa shape index (κ3) is 6.53. The molecular weight excluding hydrogens is 516 g/mol. The Balaban J connectivity index is 2.06. The van der Waals surface area contributed by atoms with Gasteiger partial charge < -0.3 is 10.1 Å². The number of sulfonamides is 1. The molecule has 39 heavy (non-hydrogen) atoms. The Morgan fingerprint density at radius 2 is 1.54 bits per heavy atom. The molecule has 11 heteroatoms. The molecule has 0 spiro atoms. The molecule has 3 aromatic rings. The summed E-state index contributed by atoms with van der Waals surface area (Å²) >= 11 is 0. The van der Waals surface area contributed by atoms with Crippen LogP contribution in [0.15, 0.2) is 74.5 Å². The van der Waals surface area contributed by atoms with Crippen molar-refractivity contribution in [1.29, 1.82) is 5.26 Å². The van der Waals surface area contributed by atoms with E-state index in [0.717, 1.165) is 30.4 Å². The molecule has 1 heterocycles. The number of aromatic nitrogens is 1. The number of pyridine rings is 1. The molecule has 3 rings (SSSR count). The van der Waals surface area contributed by atoms with Crippen LogP contribution in [0.2, 0.25) is 0 Å². The molecule has 0 amide bonds. The monoisotopic (exact) mass is 550 g/mol. The molecule has 2 aromatic carbocycles. The maximum Gasteiger partial charge on any atom is 0.300 e. The minimum atomic E-state index is -3.67. The Morgan fingerprint density at radius 1 is 0.949 bits per heavy atom. The smallest absolute Gasteiger partial charge is 0.300 e. The molecule has 0 saturated carbocycles. The largest absolute Gasteiger partial charge is 0.492 e. The number of unbranched alkanes of at least 4 members (excludes halogenated alkanes) is 2. The quantitative estimate of drug-likeness (QED) is 0.305. The van der Waals surface area contributed by atoms with Crippen molar-refractivity contribution >= 4 is 21.4 Å². The van der Waals surface area contributed by atoms with E-state index in [1.807, 2.05) is 19.9 Å². The van der Waals surface area contributed by atoms with Crippen molar-refractivity contribution in [3.63, 3.8) is 0 Å². The van der Waals surface area contributed by atoms with Crippen LogP contribution in [0.4, 0.5) is 11.4 Å². The van der Waals surface area contributed by atoms with Crippen molar-refractivity contribution < 1.29 is 13.5 Å². The number of rotatable bonds is 12. The Hall–Kier alpha value is -4.01. The van der Waals surface area contributed by atoms with E-state index in [4.69, 9.17) is 0 Å². The molecule has 0 radical (unpaired) electrons. The molecule has 0 fully saturated rings. The maximum absolute atomic E-state index is 13.4. The Bertz CT molecular complexity index is 1500. The summed E-state index contributed by atoms with van der Waals surface area (Å²) in [6, 6.07) is 16.7. The molecule has 0 saturated heterocycles. The van der Waals surface area contributed by atoms with Gasteiger partial charge in [-0.15, -0.1) is 5.11 Å². The van der Waals surface area contributed by atoms with Gasteiger partial charge in [-0.05, 0) is 42.7 Å². The molecule has 0 unspecified atom stereocenters. The van der Waals surface area contributed by atoms with E-state index < -0.39 is 21.5 Å². The molecular formula is C28H34N6O4S. The molecule has 0 aliphatic rings. The van der Waals surface area contributed by atoms with Gasteiger partial charge in [0, 0.05) is 32.7 Å². The molecule has 1 N–H and O–H groups in total. The Morgan fingerprint density at radius 3 is 2.05 bits per heavy atom. The van der Waals surface area contributed by atoms with Gasteiger partial charge in [0.25, 0.3) is 0 Å². The number of nitriles is 1. The fourth-order valence-corrected chi connectivity index (χ4v) is 5.57. The first-order chi connectivity index (χ1) is 18.7. The first kappa shape index (κ1) is 29.5. The lowest BCUT2D eigenvalue weighted by atomic mass is 10.00. The normalized spacial score (nSPS) is 11.7. The van der Waals surface area contributed by atoms with Crippen LogP contribution in [0.5, 0.6) is 5.88 Å². The molecule has 0 aliphatic heterocycles. The van der Waals surface area contributed by atoms with Crippen molar-refractivity contribution in [2.24, 2.45) is 10.2 Å². The lowest BCUT2D eigenvalue weighted by Gasteiger charge is -2.22. The first-order valence-corrected chi connectivity index (χ1v) is 14.3. The lowest BCUT2D eigenvalue weighted by molar-refractivity contribution is 0.395. The predicted molar refractivity (Wildman–Crippen MR) is 152 cm³/mol. The summed E-state index contributed by atoms with van der Waals surface area (Å²) in [6.07, 6.45) is 3.34. The Labute approximate surface area is 229 Å². The van der Waals surface area contributed by atoms with Crippen LogP contribution in [0.3, 0.4) is 0 Å². The summed E-state index contributed by atoms with van der Waals surface area (Å²) < 4.78 is 29.0. The van der Waals surface area contributed by atoms with Gasteiger partial charge in [0.15, 0.2) is 5.69 Å². The molecule has 10 nitrogen and oxygen atoms in total. The summed E-state index contributed by atoms with van der Waals surface area (Å²) in [6.45, 7) is 4.97. The topological polar surface area (TPSA) is 131 Å². The highest BCUT2D eigenvalue weighted by atomic mass is 32.2. The minimum absolute atomic E-state index is 0.121. The van der Waals surface area contributed by atoms with Crippen molar-refractivity contribution in [3.8, 4) is 23.1 Å². The van der Waals surface area contributed by atoms with Crippen molar-refractivity contribution in [3.05, 3.63) is 70.5 Å². The zero-order valence-corrected chi connectivity index (χ0v) is 23.5. The van der Waals surface area contributed by atoms with Gasteiger partial charge in [-0.2, -0.15) is 19.4 Å². The number of hydrogen-bond acceptors (Lipinski definition) is 8. The van der Waals surface area contributed by atoms with Crippen LogP contribution in [0.1, 0.15) is 45.1 Å². The second kappa shape index (κ2) is 13.2. The van der Waals surface area contributed by atoms with Gasteiger partial charge in [0.2, 0.25) is 15.9 Å². The standard InChI is InChI=1S/C28H34N6O4S/c1-5-7-18-33(19-8-6-2)39(37,38)23-16-14-22(15-17-23)30-31-26-25(21-12-10-9-11-13-21)24(20-29)27(35)34(28(26)36)32(3)4/h9-17,35H,5-8,18-19H2,1-4H3. The van der Waals surface area contributed by atoms with Gasteiger partial charge in [0.1, 0.15) is 11.6 Å². The van der Waals surface area contributed by atoms with Crippen LogP contribution in [0, 0.1) is 11.3 Å². The highest BCUT2D eigenvalue weighted by molar-refractivity contribution is 7.89. The van der Waals surface area contributed by atoms with E-state index in [1.54, 1.807) is 44.4 Å². The number of aromatic hydroxyl groups is 1. The zero-order chi connectivity index (χ0) is 28.6.